The molecular formula is C9H9IO2. The molecule has 1 N–H and O–H groups in total. The molecule has 0 fully saturated rings. The van der Waals surface area contributed by atoms with Crippen molar-refractivity contribution in [1.82, 2.24) is 0 Å². The van der Waals surface area contributed by atoms with Gasteiger partial charge in [0.05, 0.1) is 7.11 Å². The minimum absolute atomic E-state index is 0.221. The van der Waals surface area contributed by atoms with Crippen LogP contribution in [0.2, 0.25) is 0 Å². The molecule has 2 nitrogen and oxygen atoms in total. The Hall–Kier alpha value is -0.710. The van der Waals surface area contributed by atoms with Gasteiger partial charge in [0.2, 0.25) is 0 Å². The highest BCUT2D eigenvalue weighted by atomic mass is 127. The number of hydrogen-bond acceptors (Lipinski definition) is 2. The summed E-state index contributed by atoms with van der Waals surface area (Å²) in [6, 6.07) is 5.11. The minimum Gasteiger partial charge on any atom is -0.508 e. The topological polar surface area (TPSA) is 29.5 Å². The van der Waals surface area contributed by atoms with Crippen molar-refractivity contribution in [3.63, 3.8) is 0 Å². The van der Waals surface area contributed by atoms with Crippen LogP contribution in [-0.4, -0.2) is 12.2 Å². The van der Waals surface area contributed by atoms with E-state index in [2.05, 4.69) is 22.6 Å². The first-order valence-electron chi connectivity index (χ1n) is 3.41. The monoisotopic (exact) mass is 276 g/mol. The van der Waals surface area contributed by atoms with Crippen molar-refractivity contribution < 1.29 is 9.84 Å². The summed E-state index contributed by atoms with van der Waals surface area (Å²) in [5.41, 5.74) is 0.932. The Labute approximate surface area is 85.0 Å². The molecule has 0 saturated heterocycles. The lowest BCUT2D eigenvalue weighted by Gasteiger charge is -2.01. The first-order chi connectivity index (χ1) is 5.76. The van der Waals surface area contributed by atoms with Crippen LogP contribution in [0.15, 0.2) is 22.3 Å². The molecule has 64 valence electrons. The summed E-state index contributed by atoms with van der Waals surface area (Å²) >= 11 is 2.12. The Kier molecular flexibility index (Phi) is 3.40. The van der Waals surface area contributed by atoms with Crippen molar-refractivity contribution in [2.75, 3.05) is 7.11 Å². The Morgan fingerprint density at radius 1 is 1.42 bits per heavy atom. The van der Waals surface area contributed by atoms with Crippen LogP contribution in [0, 0.1) is 0 Å². The van der Waals surface area contributed by atoms with Crippen LogP contribution < -0.4 is 4.74 Å². The third-order valence-corrected chi connectivity index (χ3v) is 1.76. The summed E-state index contributed by atoms with van der Waals surface area (Å²) in [5.74, 6) is 0.887. The van der Waals surface area contributed by atoms with Crippen molar-refractivity contribution in [2.45, 2.75) is 0 Å². The van der Waals surface area contributed by atoms with E-state index in [0.717, 1.165) is 5.56 Å². The molecule has 0 bridgehead atoms. The van der Waals surface area contributed by atoms with Gasteiger partial charge in [-0.25, -0.2) is 0 Å². The SMILES string of the molecule is COc1cc(O)cc(/C=C/I)c1. The molecule has 1 aromatic carbocycles. The lowest BCUT2D eigenvalue weighted by atomic mass is 10.2. The van der Waals surface area contributed by atoms with E-state index in [-0.39, 0.29) is 5.75 Å². The zero-order valence-electron chi connectivity index (χ0n) is 6.62. The molecule has 0 unspecified atom stereocenters. The number of halogens is 1. The van der Waals surface area contributed by atoms with Gasteiger partial charge in [-0.15, -0.1) is 0 Å². The van der Waals surface area contributed by atoms with E-state index >= 15 is 0 Å². The maximum absolute atomic E-state index is 9.24. The molecule has 1 aromatic rings. The van der Waals surface area contributed by atoms with Gasteiger partial charge < -0.3 is 9.84 Å². The molecule has 0 atom stereocenters. The van der Waals surface area contributed by atoms with Crippen LogP contribution in [0.25, 0.3) is 6.08 Å². The van der Waals surface area contributed by atoms with Crippen molar-refractivity contribution in [3.05, 3.63) is 27.8 Å². The van der Waals surface area contributed by atoms with Crippen LogP contribution in [0.4, 0.5) is 0 Å². The highest BCUT2D eigenvalue weighted by molar-refractivity contribution is 14.1. The van der Waals surface area contributed by atoms with Crippen LogP contribution in [0.3, 0.4) is 0 Å². The molecular weight excluding hydrogens is 267 g/mol. The highest BCUT2D eigenvalue weighted by Crippen LogP contribution is 2.22. The average molecular weight is 276 g/mol. The van der Waals surface area contributed by atoms with Gasteiger partial charge in [0.1, 0.15) is 11.5 Å². The van der Waals surface area contributed by atoms with Gasteiger partial charge in [-0.2, -0.15) is 0 Å². The fraction of sp³-hybridized carbons (Fsp3) is 0.111. The maximum Gasteiger partial charge on any atom is 0.123 e. The van der Waals surface area contributed by atoms with E-state index in [9.17, 15) is 5.11 Å². The van der Waals surface area contributed by atoms with Crippen molar-refractivity contribution >= 4 is 28.7 Å². The number of benzene rings is 1. The van der Waals surface area contributed by atoms with E-state index in [1.165, 1.54) is 0 Å². The molecule has 1 rings (SSSR count). The number of methoxy groups -OCH3 is 1. The van der Waals surface area contributed by atoms with E-state index < -0.39 is 0 Å². The number of rotatable bonds is 2. The van der Waals surface area contributed by atoms with Crippen molar-refractivity contribution in [2.24, 2.45) is 0 Å². The van der Waals surface area contributed by atoms with E-state index in [1.807, 2.05) is 16.2 Å². The molecule has 0 aromatic heterocycles. The lowest BCUT2D eigenvalue weighted by molar-refractivity contribution is 0.407. The van der Waals surface area contributed by atoms with Gasteiger partial charge in [-0.1, -0.05) is 22.6 Å². The summed E-state index contributed by atoms with van der Waals surface area (Å²) in [6.45, 7) is 0. The van der Waals surface area contributed by atoms with Gasteiger partial charge >= 0.3 is 0 Å². The second-order valence-corrected chi connectivity index (χ2v) is 2.98. The summed E-state index contributed by atoms with van der Waals surface area (Å²) in [6.07, 6.45) is 1.89. The molecule has 0 radical (unpaired) electrons. The Morgan fingerprint density at radius 2 is 2.17 bits per heavy atom. The number of hydrogen-bond donors (Lipinski definition) is 1. The number of phenols is 1. The molecule has 12 heavy (non-hydrogen) atoms. The number of phenolic OH excluding ortho intramolecular Hbond substituents is 1. The summed E-state index contributed by atoms with van der Waals surface area (Å²) in [7, 11) is 1.58. The molecule has 0 heterocycles. The lowest BCUT2D eigenvalue weighted by Crippen LogP contribution is -1.82. The first-order valence-corrected chi connectivity index (χ1v) is 4.65. The van der Waals surface area contributed by atoms with E-state index in [4.69, 9.17) is 4.74 Å². The van der Waals surface area contributed by atoms with Gasteiger partial charge in [0, 0.05) is 6.07 Å². The van der Waals surface area contributed by atoms with Gasteiger partial charge in [0.25, 0.3) is 0 Å². The average Bonchev–Trinajstić information content (AvgIpc) is 2.04. The second kappa shape index (κ2) is 4.35. The molecule has 0 saturated carbocycles. The van der Waals surface area contributed by atoms with Crippen molar-refractivity contribution in [3.8, 4) is 11.5 Å². The summed E-state index contributed by atoms with van der Waals surface area (Å²) < 4.78 is 6.87. The molecule has 0 aliphatic rings. The second-order valence-electron chi connectivity index (χ2n) is 2.26. The fourth-order valence-electron chi connectivity index (χ4n) is 0.893. The number of aromatic hydroxyl groups is 1. The highest BCUT2D eigenvalue weighted by Gasteiger charge is 1.96. The third kappa shape index (κ3) is 2.41. The molecule has 0 aliphatic carbocycles. The maximum atomic E-state index is 9.24. The molecule has 0 aliphatic heterocycles. The van der Waals surface area contributed by atoms with Gasteiger partial charge in [-0.3, -0.25) is 0 Å². The number of ether oxygens (including phenoxy) is 1. The Bertz CT molecular complexity index is 295. The summed E-state index contributed by atoms with van der Waals surface area (Å²) in [5, 5.41) is 9.24. The van der Waals surface area contributed by atoms with Crippen LogP contribution >= 0.6 is 22.6 Å². The minimum atomic E-state index is 0.221. The van der Waals surface area contributed by atoms with Crippen LogP contribution in [0.5, 0.6) is 11.5 Å². The van der Waals surface area contributed by atoms with E-state index in [0.29, 0.717) is 5.75 Å². The summed E-state index contributed by atoms with van der Waals surface area (Å²) in [4.78, 5) is 0. The third-order valence-electron chi connectivity index (χ3n) is 1.40. The molecule has 0 spiro atoms. The van der Waals surface area contributed by atoms with E-state index in [1.54, 1.807) is 19.2 Å². The Balaban J connectivity index is 3.06. The van der Waals surface area contributed by atoms with Crippen molar-refractivity contribution in [1.29, 1.82) is 0 Å². The Morgan fingerprint density at radius 3 is 2.75 bits per heavy atom. The predicted molar refractivity (Wildman–Crippen MR) is 57.7 cm³/mol. The standard InChI is InChI=1S/C9H9IO2/c1-12-9-5-7(2-3-10)4-8(11)6-9/h2-6,11H,1H3/b3-2+. The van der Waals surface area contributed by atoms with Crippen LogP contribution in [-0.2, 0) is 0 Å². The van der Waals surface area contributed by atoms with Gasteiger partial charge in [-0.05, 0) is 27.9 Å². The van der Waals surface area contributed by atoms with Gasteiger partial charge in [0.15, 0.2) is 0 Å². The largest absolute Gasteiger partial charge is 0.508 e. The van der Waals surface area contributed by atoms with Crippen LogP contribution in [0.1, 0.15) is 5.56 Å². The predicted octanol–water partition coefficient (Wildman–Crippen LogP) is 2.81. The smallest absolute Gasteiger partial charge is 0.123 e. The zero-order valence-corrected chi connectivity index (χ0v) is 8.78. The fourth-order valence-corrected chi connectivity index (χ4v) is 1.31. The molecule has 0 amide bonds. The quantitative estimate of drug-likeness (QED) is 0.842. The normalized spacial score (nSPS) is 10.5. The first kappa shape index (κ1) is 9.38. The molecule has 3 heteroatoms. The zero-order chi connectivity index (χ0) is 8.97.